The molecule has 4 heteroatoms. The van der Waals surface area contributed by atoms with E-state index in [0.29, 0.717) is 6.54 Å². The molecule has 4 nitrogen and oxygen atoms in total. The summed E-state index contributed by atoms with van der Waals surface area (Å²) in [5.41, 5.74) is 2.73. The number of fused-ring (bicyclic) bond motifs is 2. The monoisotopic (exact) mass is 257 g/mol. The lowest BCUT2D eigenvalue weighted by Gasteiger charge is -2.10. The van der Waals surface area contributed by atoms with Crippen LogP contribution in [0.5, 0.6) is 0 Å². The van der Waals surface area contributed by atoms with Gasteiger partial charge in [-0.25, -0.2) is 4.98 Å². The van der Waals surface area contributed by atoms with Gasteiger partial charge in [0.1, 0.15) is 11.3 Å². The van der Waals surface area contributed by atoms with Crippen LogP contribution in [0.1, 0.15) is 30.8 Å². The second-order valence-electron chi connectivity index (χ2n) is 5.21. The molecule has 0 amide bonds. The molecule has 0 bridgehead atoms. The summed E-state index contributed by atoms with van der Waals surface area (Å²) in [6.45, 7) is 7.24. The van der Waals surface area contributed by atoms with Crippen LogP contribution in [-0.4, -0.2) is 14.1 Å². The van der Waals surface area contributed by atoms with Crippen LogP contribution >= 0.6 is 0 Å². The quantitative estimate of drug-likeness (QED) is 0.775. The van der Waals surface area contributed by atoms with Crippen LogP contribution in [0.15, 0.2) is 23.5 Å². The normalized spacial score (nSPS) is 15.2. The largest absolute Gasteiger partial charge is 0.335 e. The first-order valence-corrected chi connectivity index (χ1v) is 6.93. The molecule has 0 atom stereocenters. The summed E-state index contributed by atoms with van der Waals surface area (Å²) in [6.07, 6.45) is 6.11. The van der Waals surface area contributed by atoms with E-state index in [1.54, 1.807) is 0 Å². The third kappa shape index (κ3) is 1.91. The van der Waals surface area contributed by atoms with Crippen molar-refractivity contribution in [3.63, 3.8) is 0 Å². The van der Waals surface area contributed by atoms with E-state index in [1.807, 2.05) is 28.2 Å². The minimum Gasteiger partial charge on any atom is -0.335 e. The Kier molecular flexibility index (Phi) is 3.01. The smallest absolute Gasteiger partial charge is 0.278 e. The molecule has 0 saturated heterocycles. The van der Waals surface area contributed by atoms with Crippen molar-refractivity contribution in [3.05, 3.63) is 40.6 Å². The molecule has 0 radical (unpaired) electrons. The zero-order chi connectivity index (χ0) is 13.4. The Morgan fingerprint density at radius 1 is 1.42 bits per heavy atom. The number of aromatic nitrogens is 3. The number of hydrogen-bond acceptors (Lipinski definition) is 2. The predicted octanol–water partition coefficient (Wildman–Crippen LogP) is 2.42. The van der Waals surface area contributed by atoms with Crippen LogP contribution in [-0.2, 0) is 19.5 Å². The lowest BCUT2D eigenvalue weighted by Crippen LogP contribution is -2.26. The SMILES string of the molecule is C=CCn1c(C)cc2nc3n(c(=O)c21)CCCCC3. The minimum atomic E-state index is 0.108. The minimum absolute atomic E-state index is 0.108. The number of rotatable bonds is 2. The first-order valence-electron chi connectivity index (χ1n) is 6.93. The second kappa shape index (κ2) is 4.68. The van der Waals surface area contributed by atoms with Crippen molar-refractivity contribution in [2.75, 3.05) is 0 Å². The predicted molar refractivity (Wildman–Crippen MR) is 76.5 cm³/mol. The highest BCUT2D eigenvalue weighted by Gasteiger charge is 2.17. The zero-order valence-electron chi connectivity index (χ0n) is 11.4. The van der Waals surface area contributed by atoms with E-state index in [0.717, 1.165) is 48.4 Å². The van der Waals surface area contributed by atoms with Gasteiger partial charge in [0.15, 0.2) is 0 Å². The van der Waals surface area contributed by atoms with Crippen LogP contribution < -0.4 is 5.56 Å². The first-order chi connectivity index (χ1) is 9.22. The van der Waals surface area contributed by atoms with Crippen LogP contribution in [0.4, 0.5) is 0 Å². The van der Waals surface area contributed by atoms with Gasteiger partial charge in [-0.3, -0.25) is 9.36 Å². The number of nitrogens with zero attached hydrogens (tertiary/aromatic N) is 3. The fraction of sp³-hybridized carbons (Fsp3) is 0.467. The highest BCUT2D eigenvalue weighted by Crippen LogP contribution is 2.18. The molecule has 2 aromatic heterocycles. The third-order valence-electron chi connectivity index (χ3n) is 3.89. The Labute approximate surface area is 112 Å². The molecule has 0 spiro atoms. The fourth-order valence-corrected chi connectivity index (χ4v) is 2.93. The highest BCUT2D eigenvalue weighted by molar-refractivity contribution is 5.76. The van der Waals surface area contributed by atoms with Gasteiger partial charge in [0.05, 0.1) is 5.52 Å². The Balaban J connectivity index is 2.32. The summed E-state index contributed by atoms with van der Waals surface area (Å²) in [4.78, 5) is 17.4. The van der Waals surface area contributed by atoms with E-state index in [2.05, 4.69) is 6.58 Å². The number of hydrogen-bond donors (Lipinski definition) is 0. The molecule has 0 fully saturated rings. The Morgan fingerprint density at radius 3 is 3.05 bits per heavy atom. The molecule has 2 aromatic rings. The molecular weight excluding hydrogens is 238 g/mol. The van der Waals surface area contributed by atoms with Gasteiger partial charge in [-0.15, -0.1) is 6.58 Å². The lowest BCUT2D eigenvalue weighted by atomic mass is 10.2. The molecule has 1 aliphatic rings. The van der Waals surface area contributed by atoms with E-state index in [9.17, 15) is 4.79 Å². The molecule has 0 N–H and O–H groups in total. The third-order valence-corrected chi connectivity index (χ3v) is 3.89. The Hall–Kier alpha value is -1.84. The lowest BCUT2D eigenvalue weighted by molar-refractivity contribution is 0.611. The van der Waals surface area contributed by atoms with E-state index in [4.69, 9.17) is 4.98 Å². The summed E-state index contributed by atoms with van der Waals surface area (Å²) < 4.78 is 3.88. The van der Waals surface area contributed by atoms with Gasteiger partial charge in [-0.05, 0) is 25.8 Å². The van der Waals surface area contributed by atoms with Crippen molar-refractivity contribution >= 4 is 11.0 Å². The van der Waals surface area contributed by atoms with Crippen molar-refractivity contribution < 1.29 is 0 Å². The summed E-state index contributed by atoms with van der Waals surface area (Å²) in [5, 5.41) is 0. The van der Waals surface area contributed by atoms with E-state index in [-0.39, 0.29) is 5.56 Å². The Bertz CT molecular complexity index is 693. The van der Waals surface area contributed by atoms with Crippen LogP contribution in [0, 0.1) is 6.92 Å². The topological polar surface area (TPSA) is 39.8 Å². The van der Waals surface area contributed by atoms with Crippen molar-refractivity contribution in [2.24, 2.45) is 0 Å². The molecule has 0 saturated carbocycles. The maximum Gasteiger partial charge on any atom is 0.278 e. The van der Waals surface area contributed by atoms with Gasteiger partial charge in [0, 0.05) is 25.2 Å². The number of aryl methyl sites for hydroxylation is 2. The van der Waals surface area contributed by atoms with Gasteiger partial charge in [0.2, 0.25) is 0 Å². The molecule has 3 rings (SSSR count). The van der Waals surface area contributed by atoms with Crippen LogP contribution in [0.2, 0.25) is 0 Å². The van der Waals surface area contributed by atoms with Gasteiger partial charge in [-0.2, -0.15) is 0 Å². The summed E-state index contributed by atoms with van der Waals surface area (Å²) in [7, 11) is 0. The van der Waals surface area contributed by atoms with Crippen molar-refractivity contribution in [1.82, 2.24) is 14.1 Å². The average Bonchev–Trinajstić information content (AvgIpc) is 2.58. The molecule has 3 heterocycles. The average molecular weight is 257 g/mol. The molecule has 100 valence electrons. The second-order valence-corrected chi connectivity index (χ2v) is 5.21. The first kappa shape index (κ1) is 12.2. The van der Waals surface area contributed by atoms with E-state index < -0.39 is 0 Å². The van der Waals surface area contributed by atoms with Crippen LogP contribution in [0.3, 0.4) is 0 Å². The molecule has 1 aliphatic heterocycles. The fourth-order valence-electron chi connectivity index (χ4n) is 2.93. The van der Waals surface area contributed by atoms with Gasteiger partial charge in [0.25, 0.3) is 5.56 Å². The van der Waals surface area contributed by atoms with E-state index in [1.165, 1.54) is 6.42 Å². The Morgan fingerprint density at radius 2 is 2.26 bits per heavy atom. The van der Waals surface area contributed by atoms with Gasteiger partial charge >= 0.3 is 0 Å². The molecule has 19 heavy (non-hydrogen) atoms. The molecule has 0 unspecified atom stereocenters. The van der Waals surface area contributed by atoms with Gasteiger partial charge < -0.3 is 4.57 Å². The van der Waals surface area contributed by atoms with Crippen molar-refractivity contribution in [2.45, 2.75) is 45.7 Å². The zero-order valence-corrected chi connectivity index (χ0v) is 11.4. The maximum atomic E-state index is 12.7. The molecule has 0 aromatic carbocycles. The number of allylic oxidation sites excluding steroid dienone is 1. The van der Waals surface area contributed by atoms with Gasteiger partial charge in [-0.1, -0.05) is 12.5 Å². The van der Waals surface area contributed by atoms with Crippen molar-refractivity contribution in [3.8, 4) is 0 Å². The molecular formula is C15H19N3O. The maximum absolute atomic E-state index is 12.7. The summed E-state index contributed by atoms with van der Waals surface area (Å²) >= 11 is 0. The highest BCUT2D eigenvalue weighted by atomic mass is 16.1. The van der Waals surface area contributed by atoms with Crippen molar-refractivity contribution in [1.29, 1.82) is 0 Å². The summed E-state index contributed by atoms with van der Waals surface area (Å²) in [6, 6.07) is 2.01. The van der Waals surface area contributed by atoms with Crippen LogP contribution in [0.25, 0.3) is 11.0 Å². The molecule has 0 aliphatic carbocycles. The van der Waals surface area contributed by atoms with E-state index >= 15 is 0 Å². The summed E-state index contributed by atoms with van der Waals surface area (Å²) in [5.74, 6) is 0.950. The standard InChI is InChI=1S/C15H19N3O/c1-3-8-17-11(2)10-12-14(17)15(19)18-9-6-4-5-7-13(18)16-12/h3,10H,1,4-9H2,2H3.